The SMILES string of the molecule is C=CCOC(=O)C(C)=CC=O. The molecule has 3 nitrogen and oxygen atoms in total. The Kier molecular flexibility index (Phi) is 4.73. The highest BCUT2D eigenvalue weighted by molar-refractivity contribution is 5.91. The zero-order valence-corrected chi connectivity index (χ0v) is 6.37. The molecule has 0 radical (unpaired) electrons. The monoisotopic (exact) mass is 154 g/mol. The van der Waals surface area contributed by atoms with Gasteiger partial charge in [0.25, 0.3) is 0 Å². The van der Waals surface area contributed by atoms with Crippen molar-refractivity contribution in [3.05, 3.63) is 24.3 Å². The molecule has 3 heteroatoms. The van der Waals surface area contributed by atoms with Gasteiger partial charge in [-0.2, -0.15) is 0 Å². The lowest BCUT2D eigenvalue weighted by Crippen LogP contribution is -2.05. The summed E-state index contributed by atoms with van der Waals surface area (Å²) in [7, 11) is 0. The molecule has 60 valence electrons. The number of esters is 1. The summed E-state index contributed by atoms with van der Waals surface area (Å²) < 4.78 is 4.62. The Morgan fingerprint density at radius 2 is 2.27 bits per heavy atom. The summed E-state index contributed by atoms with van der Waals surface area (Å²) in [6, 6.07) is 0. The predicted octanol–water partition coefficient (Wildman–Crippen LogP) is 0.861. The first-order valence-electron chi connectivity index (χ1n) is 3.12. The van der Waals surface area contributed by atoms with E-state index < -0.39 is 5.97 Å². The van der Waals surface area contributed by atoms with Gasteiger partial charge in [0, 0.05) is 5.57 Å². The number of carbonyl (C=O) groups is 2. The number of rotatable bonds is 4. The Balaban J connectivity index is 3.92. The topological polar surface area (TPSA) is 43.4 Å². The van der Waals surface area contributed by atoms with Gasteiger partial charge in [-0.05, 0) is 13.0 Å². The Hall–Kier alpha value is -1.38. The molecule has 0 aromatic heterocycles. The molecule has 0 N–H and O–H groups in total. The van der Waals surface area contributed by atoms with Crippen LogP contribution >= 0.6 is 0 Å². The number of ether oxygens (including phenoxy) is 1. The van der Waals surface area contributed by atoms with Crippen molar-refractivity contribution < 1.29 is 14.3 Å². The summed E-state index contributed by atoms with van der Waals surface area (Å²) in [5.41, 5.74) is 0.293. The van der Waals surface area contributed by atoms with Crippen LogP contribution in [-0.4, -0.2) is 18.9 Å². The maximum absolute atomic E-state index is 10.8. The summed E-state index contributed by atoms with van der Waals surface area (Å²) in [5.74, 6) is -0.489. The fraction of sp³-hybridized carbons (Fsp3) is 0.250. The molecule has 0 aliphatic heterocycles. The first-order valence-corrected chi connectivity index (χ1v) is 3.12. The minimum absolute atomic E-state index is 0.170. The maximum atomic E-state index is 10.8. The molecule has 0 aromatic rings. The molecular weight excluding hydrogens is 144 g/mol. The second-order valence-corrected chi connectivity index (χ2v) is 1.87. The van der Waals surface area contributed by atoms with Gasteiger partial charge in [-0.3, -0.25) is 4.79 Å². The molecule has 0 fully saturated rings. The molecule has 0 aliphatic rings. The van der Waals surface area contributed by atoms with Gasteiger partial charge in [0.2, 0.25) is 0 Å². The van der Waals surface area contributed by atoms with E-state index in [1.54, 1.807) is 0 Å². The van der Waals surface area contributed by atoms with Gasteiger partial charge in [0.15, 0.2) is 0 Å². The molecule has 0 heterocycles. The summed E-state index contributed by atoms with van der Waals surface area (Å²) in [4.78, 5) is 20.7. The van der Waals surface area contributed by atoms with Gasteiger partial charge in [0.1, 0.15) is 12.9 Å². The summed E-state index contributed by atoms with van der Waals surface area (Å²) in [6.07, 6.45) is 3.17. The zero-order valence-electron chi connectivity index (χ0n) is 6.37. The minimum atomic E-state index is -0.489. The van der Waals surface area contributed by atoms with Crippen LogP contribution in [0.1, 0.15) is 6.92 Å². The van der Waals surface area contributed by atoms with E-state index >= 15 is 0 Å². The van der Waals surface area contributed by atoms with Crippen LogP contribution in [0.4, 0.5) is 0 Å². The first-order chi connectivity index (χ1) is 5.22. The van der Waals surface area contributed by atoms with Crippen LogP contribution in [0, 0.1) is 0 Å². The third-order valence-electron chi connectivity index (χ3n) is 0.972. The van der Waals surface area contributed by atoms with E-state index in [0.29, 0.717) is 11.9 Å². The molecule has 0 spiro atoms. The van der Waals surface area contributed by atoms with Crippen molar-refractivity contribution in [3.8, 4) is 0 Å². The second kappa shape index (κ2) is 5.41. The molecule has 0 bridgehead atoms. The van der Waals surface area contributed by atoms with Crippen molar-refractivity contribution in [2.24, 2.45) is 0 Å². The fourth-order valence-corrected chi connectivity index (χ4v) is 0.419. The number of hydrogen-bond acceptors (Lipinski definition) is 3. The van der Waals surface area contributed by atoms with Crippen molar-refractivity contribution in [2.45, 2.75) is 6.92 Å². The Labute approximate surface area is 65.4 Å². The summed E-state index contributed by atoms with van der Waals surface area (Å²) >= 11 is 0. The maximum Gasteiger partial charge on any atom is 0.334 e. The average molecular weight is 154 g/mol. The van der Waals surface area contributed by atoms with Gasteiger partial charge >= 0.3 is 5.97 Å². The third-order valence-corrected chi connectivity index (χ3v) is 0.972. The van der Waals surface area contributed by atoms with Gasteiger partial charge in [-0.15, -0.1) is 0 Å². The molecule has 0 aliphatic carbocycles. The molecule has 0 unspecified atom stereocenters. The lowest BCUT2D eigenvalue weighted by Gasteiger charge is -1.98. The summed E-state index contributed by atoms with van der Waals surface area (Å²) in [5, 5.41) is 0. The van der Waals surface area contributed by atoms with Gasteiger partial charge < -0.3 is 4.74 Å². The van der Waals surface area contributed by atoms with Gasteiger partial charge in [0.05, 0.1) is 0 Å². The van der Waals surface area contributed by atoms with Crippen LogP contribution in [0.2, 0.25) is 0 Å². The number of hydrogen-bond donors (Lipinski definition) is 0. The van der Waals surface area contributed by atoms with Gasteiger partial charge in [-0.25, -0.2) is 4.79 Å². The van der Waals surface area contributed by atoms with E-state index in [0.717, 1.165) is 6.08 Å². The number of allylic oxidation sites excluding steroid dienone is 1. The molecule has 0 saturated heterocycles. The Morgan fingerprint density at radius 1 is 1.64 bits per heavy atom. The molecule has 0 amide bonds. The minimum Gasteiger partial charge on any atom is -0.458 e. The van der Waals surface area contributed by atoms with Crippen molar-refractivity contribution in [1.29, 1.82) is 0 Å². The van der Waals surface area contributed by atoms with Crippen LogP contribution in [0.5, 0.6) is 0 Å². The van der Waals surface area contributed by atoms with E-state index in [-0.39, 0.29) is 6.61 Å². The molecule has 0 aromatic carbocycles. The van der Waals surface area contributed by atoms with Crippen molar-refractivity contribution in [3.63, 3.8) is 0 Å². The van der Waals surface area contributed by atoms with Crippen LogP contribution in [-0.2, 0) is 14.3 Å². The largest absolute Gasteiger partial charge is 0.458 e. The highest BCUT2D eigenvalue weighted by Crippen LogP contribution is 1.94. The van der Waals surface area contributed by atoms with Crippen LogP contribution in [0.25, 0.3) is 0 Å². The van der Waals surface area contributed by atoms with Gasteiger partial charge in [-0.1, -0.05) is 12.7 Å². The molecule has 0 atom stereocenters. The van der Waals surface area contributed by atoms with Crippen molar-refractivity contribution in [1.82, 2.24) is 0 Å². The smallest absolute Gasteiger partial charge is 0.334 e. The standard InChI is InChI=1S/C8H10O3/c1-3-6-11-8(10)7(2)4-5-9/h3-5H,1,6H2,2H3. The number of aldehydes is 1. The molecule has 0 rings (SSSR count). The Morgan fingerprint density at radius 3 is 2.73 bits per heavy atom. The predicted molar refractivity (Wildman–Crippen MR) is 41.0 cm³/mol. The van der Waals surface area contributed by atoms with Crippen LogP contribution < -0.4 is 0 Å². The fourth-order valence-electron chi connectivity index (χ4n) is 0.419. The van der Waals surface area contributed by atoms with E-state index in [1.807, 2.05) is 0 Å². The molecular formula is C8H10O3. The first kappa shape index (κ1) is 9.62. The van der Waals surface area contributed by atoms with Crippen molar-refractivity contribution >= 4 is 12.3 Å². The molecule has 0 saturated carbocycles. The quantitative estimate of drug-likeness (QED) is 0.261. The Bertz CT molecular complexity index is 192. The van der Waals surface area contributed by atoms with Crippen molar-refractivity contribution in [2.75, 3.05) is 6.61 Å². The van der Waals surface area contributed by atoms with Crippen LogP contribution in [0.3, 0.4) is 0 Å². The lowest BCUT2D eigenvalue weighted by atomic mass is 10.3. The highest BCUT2D eigenvalue weighted by Gasteiger charge is 2.02. The highest BCUT2D eigenvalue weighted by atomic mass is 16.5. The second-order valence-electron chi connectivity index (χ2n) is 1.87. The summed E-state index contributed by atoms with van der Waals surface area (Å²) in [6.45, 7) is 5.05. The number of carbonyl (C=O) groups excluding carboxylic acids is 2. The lowest BCUT2D eigenvalue weighted by molar-refractivity contribution is -0.137. The third kappa shape index (κ3) is 4.08. The van der Waals surface area contributed by atoms with E-state index in [4.69, 9.17) is 0 Å². The molecule has 11 heavy (non-hydrogen) atoms. The normalized spacial score (nSPS) is 10.5. The zero-order chi connectivity index (χ0) is 8.69. The van der Waals surface area contributed by atoms with E-state index in [1.165, 1.54) is 13.0 Å². The van der Waals surface area contributed by atoms with E-state index in [9.17, 15) is 9.59 Å². The van der Waals surface area contributed by atoms with E-state index in [2.05, 4.69) is 11.3 Å². The van der Waals surface area contributed by atoms with Crippen LogP contribution in [0.15, 0.2) is 24.3 Å². The average Bonchev–Trinajstić information content (AvgIpc) is 2.00.